The van der Waals surface area contributed by atoms with E-state index in [0.29, 0.717) is 46.9 Å². The lowest BCUT2D eigenvalue weighted by Crippen LogP contribution is -2.16. The minimum Gasteiger partial charge on any atom is -0.385 e. The van der Waals surface area contributed by atoms with Gasteiger partial charge in [0.2, 0.25) is 0 Å². The Labute approximate surface area is 222 Å². The summed E-state index contributed by atoms with van der Waals surface area (Å²) in [7, 11) is -6.13. The fraction of sp³-hybridized carbons (Fsp3) is 0.320. The minimum atomic E-state index is -4.35. The van der Waals surface area contributed by atoms with Gasteiger partial charge in [-0.3, -0.25) is 4.55 Å². The van der Waals surface area contributed by atoms with Gasteiger partial charge in [0, 0.05) is 37.6 Å². The standard InChI is InChI=1S/C25H31N5O6S2/c1-5-37(31,32)15-13-27-25-23(17(2)18(3)24(28-25)26-12-7-14-36-4)30-29-22-9-6-8-19-16-20(38(33,34)35)10-11-21(19)22/h5-6,8-11,16H,1,7,12-15H2,2-4H3,(H2,26,27,28)(H,33,34,35). The number of hydrogen-bond acceptors (Lipinski definition) is 10. The van der Waals surface area contributed by atoms with E-state index in [1.54, 1.807) is 31.4 Å². The highest BCUT2D eigenvalue weighted by atomic mass is 32.2. The van der Waals surface area contributed by atoms with Crippen molar-refractivity contribution in [3.05, 3.63) is 59.5 Å². The van der Waals surface area contributed by atoms with Crippen LogP contribution in [-0.4, -0.2) is 58.9 Å². The molecular formula is C25H31N5O6S2. The molecular weight excluding hydrogens is 530 g/mol. The molecule has 0 aliphatic heterocycles. The third kappa shape index (κ3) is 7.34. The lowest BCUT2D eigenvalue weighted by atomic mass is 10.1. The van der Waals surface area contributed by atoms with Crippen LogP contribution in [-0.2, 0) is 24.7 Å². The first kappa shape index (κ1) is 29.2. The van der Waals surface area contributed by atoms with Crippen LogP contribution >= 0.6 is 0 Å². The van der Waals surface area contributed by atoms with Gasteiger partial charge in [-0.2, -0.15) is 8.42 Å². The number of methoxy groups -OCH3 is 1. The normalized spacial score (nSPS) is 12.2. The maximum absolute atomic E-state index is 11.9. The van der Waals surface area contributed by atoms with E-state index in [1.807, 2.05) is 13.8 Å². The van der Waals surface area contributed by atoms with E-state index in [9.17, 15) is 21.4 Å². The highest BCUT2D eigenvalue weighted by Gasteiger charge is 2.16. The maximum Gasteiger partial charge on any atom is 0.294 e. The average molecular weight is 562 g/mol. The van der Waals surface area contributed by atoms with E-state index < -0.39 is 20.0 Å². The molecule has 0 saturated carbocycles. The van der Waals surface area contributed by atoms with Crippen LogP contribution < -0.4 is 10.6 Å². The number of benzene rings is 2. The number of nitrogens with one attached hydrogen (secondary N) is 2. The summed E-state index contributed by atoms with van der Waals surface area (Å²) in [5.74, 6) is 0.825. The number of rotatable bonds is 13. The fourth-order valence-electron chi connectivity index (χ4n) is 3.61. The van der Waals surface area contributed by atoms with Crippen molar-refractivity contribution in [3.8, 4) is 0 Å². The molecule has 204 valence electrons. The van der Waals surface area contributed by atoms with Gasteiger partial charge in [-0.1, -0.05) is 24.8 Å². The lowest BCUT2D eigenvalue weighted by Gasteiger charge is -2.16. The Morgan fingerprint density at radius 2 is 1.76 bits per heavy atom. The molecule has 0 radical (unpaired) electrons. The van der Waals surface area contributed by atoms with Crippen molar-refractivity contribution in [2.45, 2.75) is 25.2 Å². The molecule has 0 spiro atoms. The molecule has 3 N–H and O–H groups in total. The Bertz CT molecular complexity index is 1570. The van der Waals surface area contributed by atoms with Crippen LogP contribution in [0.15, 0.2) is 63.5 Å². The van der Waals surface area contributed by atoms with Gasteiger partial charge < -0.3 is 15.4 Å². The summed E-state index contributed by atoms with van der Waals surface area (Å²) < 4.78 is 61.3. The summed E-state index contributed by atoms with van der Waals surface area (Å²) in [4.78, 5) is 4.44. The number of aromatic nitrogens is 1. The quantitative estimate of drug-likeness (QED) is 0.149. The molecule has 3 aromatic rings. The lowest BCUT2D eigenvalue weighted by molar-refractivity contribution is 0.197. The zero-order valence-corrected chi connectivity index (χ0v) is 23.1. The van der Waals surface area contributed by atoms with Gasteiger partial charge in [0.15, 0.2) is 15.7 Å². The SMILES string of the molecule is C=CS(=O)(=O)CCNc1nc(NCCCOC)c(C)c(C)c1N=Nc1cccc2cc(S(=O)(=O)O)ccc12. The smallest absolute Gasteiger partial charge is 0.294 e. The monoisotopic (exact) mass is 561 g/mol. The zero-order valence-electron chi connectivity index (χ0n) is 21.4. The van der Waals surface area contributed by atoms with E-state index in [1.165, 1.54) is 12.1 Å². The van der Waals surface area contributed by atoms with E-state index in [0.717, 1.165) is 23.0 Å². The molecule has 38 heavy (non-hydrogen) atoms. The molecule has 3 rings (SSSR count). The summed E-state index contributed by atoms with van der Waals surface area (Å²) >= 11 is 0. The van der Waals surface area contributed by atoms with Gasteiger partial charge >= 0.3 is 0 Å². The third-order valence-electron chi connectivity index (χ3n) is 5.86. The predicted molar refractivity (Wildman–Crippen MR) is 149 cm³/mol. The van der Waals surface area contributed by atoms with Gasteiger partial charge in [-0.05, 0) is 55.0 Å². The Kier molecular flexibility index (Phi) is 9.55. The number of fused-ring (bicyclic) bond motifs is 1. The van der Waals surface area contributed by atoms with Crippen molar-refractivity contribution in [1.82, 2.24) is 4.98 Å². The molecule has 0 bridgehead atoms. The van der Waals surface area contributed by atoms with E-state index >= 15 is 0 Å². The summed E-state index contributed by atoms with van der Waals surface area (Å²) in [5, 5.41) is 17.3. The molecule has 0 saturated heterocycles. The number of ether oxygens (including phenoxy) is 1. The number of hydrogen-bond donors (Lipinski definition) is 3. The minimum absolute atomic E-state index is 0.0855. The van der Waals surface area contributed by atoms with Crippen molar-refractivity contribution in [2.75, 3.05) is 43.2 Å². The van der Waals surface area contributed by atoms with E-state index in [-0.39, 0.29) is 17.2 Å². The largest absolute Gasteiger partial charge is 0.385 e. The van der Waals surface area contributed by atoms with Gasteiger partial charge in [0.1, 0.15) is 11.5 Å². The van der Waals surface area contributed by atoms with Crippen LogP contribution in [0, 0.1) is 13.8 Å². The number of sulfone groups is 1. The predicted octanol–water partition coefficient (Wildman–Crippen LogP) is 4.93. The second kappa shape index (κ2) is 12.4. The van der Waals surface area contributed by atoms with Gasteiger partial charge in [0.05, 0.1) is 16.3 Å². The molecule has 0 fully saturated rings. The molecule has 0 aliphatic carbocycles. The van der Waals surface area contributed by atoms with Crippen LogP contribution in [0.4, 0.5) is 23.0 Å². The zero-order chi connectivity index (χ0) is 27.9. The summed E-state index contributed by atoms with van der Waals surface area (Å²) in [6.07, 6.45) is 0.777. The Morgan fingerprint density at radius 1 is 1.03 bits per heavy atom. The van der Waals surface area contributed by atoms with E-state index in [2.05, 4.69) is 32.4 Å². The highest BCUT2D eigenvalue weighted by Crippen LogP contribution is 2.36. The molecule has 0 unspecified atom stereocenters. The number of nitrogens with zero attached hydrogens (tertiary/aromatic N) is 3. The molecule has 0 atom stereocenters. The van der Waals surface area contributed by atoms with Crippen LogP contribution in [0.5, 0.6) is 0 Å². The van der Waals surface area contributed by atoms with Crippen LogP contribution in [0.1, 0.15) is 17.5 Å². The maximum atomic E-state index is 11.9. The molecule has 0 amide bonds. The third-order valence-corrected chi connectivity index (χ3v) is 7.99. The number of pyridine rings is 1. The van der Waals surface area contributed by atoms with Crippen molar-refractivity contribution in [3.63, 3.8) is 0 Å². The summed E-state index contributed by atoms with van der Waals surface area (Å²) in [6, 6.07) is 9.34. The fourth-order valence-corrected chi connectivity index (χ4v) is 4.68. The first-order valence-electron chi connectivity index (χ1n) is 11.7. The van der Waals surface area contributed by atoms with Gasteiger partial charge in [-0.15, -0.1) is 10.2 Å². The van der Waals surface area contributed by atoms with Gasteiger partial charge in [-0.25, -0.2) is 13.4 Å². The number of anilines is 2. The summed E-state index contributed by atoms with van der Waals surface area (Å²) in [6.45, 7) is 8.43. The van der Waals surface area contributed by atoms with Crippen LogP contribution in [0.2, 0.25) is 0 Å². The Balaban J connectivity index is 2.01. The Hall–Kier alpha value is -3.39. The van der Waals surface area contributed by atoms with Crippen molar-refractivity contribution in [1.29, 1.82) is 0 Å². The van der Waals surface area contributed by atoms with Crippen molar-refractivity contribution in [2.24, 2.45) is 10.2 Å². The first-order valence-corrected chi connectivity index (χ1v) is 14.9. The topological polar surface area (TPSA) is 159 Å². The van der Waals surface area contributed by atoms with Crippen LogP contribution in [0.25, 0.3) is 10.8 Å². The second-order valence-electron chi connectivity index (χ2n) is 8.48. The molecule has 1 heterocycles. The molecule has 11 nitrogen and oxygen atoms in total. The average Bonchev–Trinajstić information content (AvgIpc) is 2.88. The van der Waals surface area contributed by atoms with Crippen LogP contribution in [0.3, 0.4) is 0 Å². The van der Waals surface area contributed by atoms with E-state index in [4.69, 9.17) is 4.74 Å². The van der Waals surface area contributed by atoms with Crippen molar-refractivity contribution < 1.29 is 26.1 Å². The first-order chi connectivity index (χ1) is 18.0. The molecule has 2 aromatic carbocycles. The van der Waals surface area contributed by atoms with Gasteiger partial charge in [0.25, 0.3) is 10.1 Å². The number of azo groups is 1. The summed E-state index contributed by atoms with van der Waals surface area (Å²) in [5.41, 5.74) is 2.56. The molecule has 1 aromatic heterocycles. The molecule has 0 aliphatic rings. The highest BCUT2D eigenvalue weighted by molar-refractivity contribution is 7.94. The molecule has 13 heteroatoms. The second-order valence-corrected chi connectivity index (χ2v) is 12.0. The van der Waals surface area contributed by atoms with Crippen molar-refractivity contribution >= 4 is 53.7 Å². The Morgan fingerprint density at radius 3 is 2.45 bits per heavy atom.